The summed E-state index contributed by atoms with van der Waals surface area (Å²) < 4.78 is 1.73. The average molecular weight is 270 g/mol. The Morgan fingerprint density at radius 1 is 1.21 bits per heavy atom. The molecule has 0 saturated heterocycles. The first-order valence-corrected chi connectivity index (χ1v) is 6.54. The molecular weight excluding hydrogens is 260 g/mol. The molecule has 2 aromatic heterocycles. The molecule has 0 unspecified atom stereocenters. The second-order valence-corrected chi connectivity index (χ2v) is 4.91. The highest BCUT2D eigenvalue weighted by Crippen LogP contribution is 2.24. The van der Waals surface area contributed by atoms with E-state index in [4.69, 9.17) is 0 Å². The summed E-state index contributed by atoms with van der Waals surface area (Å²) >= 11 is 1.60. The van der Waals surface area contributed by atoms with E-state index in [9.17, 15) is 9.90 Å². The normalized spacial score (nSPS) is 10.5. The molecule has 1 aromatic carbocycles. The van der Waals surface area contributed by atoms with Gasteiger partial charge in [0.1, 0.15) is 0 Å². The van der Waals surface area contributed by atoms with Gasteiger partial charge in [-0.3, -0.25) is 0 Å². The maximum absolute atomic E-state index is 11.2. The number of carboxylic acid groups (broad SMARTS) is 1. The molecule has 0 bridgehead atoms. The van der Waals surface area contributed by atoms with Crippen LogP contribution in [0.5, 0.6) is 0 Å². The van der Waals surface area contributed by atoms with Crippen molar-refractivity contribution in [3.8, 4) is 16.3 Å². The molecule has 0 radical (unpaired) electrons. The number of carbonyl (C=O) groups is 1. The number of imidazole rings is 1. The molecule has 0 aliphatic carbocycles. The van der Waals surface area contributed by atoms with Crippen LogP contribution in [0.3, 0.4) is 0 Å². The highest BCUT2D eigenvalue weighted by atomic mass is 32.1. The van der Waals surface area contributed by atoms with Crippen LogP contribution in [0.2, 0.25) is 0 Å². The molecule has 0 spiro atoms. The van der Waals surface area contributed by atoms with Crippen LogP contribution in [0.25, 0.3) is 16.3 Å². The average Bonchev–Trinajstić information content (AvgIpc) is 3.09. The number of hydrogen-bond donors (Lipinski definition) is 1. The molecule has 0 atom stereocenters. The van der Waals surface area contributed by atoms with Crippen LogP contribution in [-0.4, -0.2) is 20.6 Å². The summed E-state index contributed by atoms with van der Waals surface area (Å²) in [4.78, 5) is 16.6. The Kier molecular flexibility index (Phi) is 2.89. The molecular formula is C14H10N2O2S. The van der Waals surface area contributed by atoms with Crippen LogP contribution in [0.4, 0.5) is 0 Å². The second kappa shape index (κ2) is 4.70. The van der Waals surface area contributed by atoms with Crippen molar-refractivity contribution >= 4 is 17.3 Å². The Balaban J connectivity index is 2.06. The van der Waals surface area contributed by atoms with Crippen molar-refractivity contribution < 1.29 is 9.90 Å². The molecule has 4 nitrogen and oxygen atoms in total. The number of aromatic nitrogens is 2. The summed E-state index contributed by atoms with van der Waals surface area (Å²) in [6, 6.07) is 10.8. The zero-order valence-electron chi connectivity index (χ0n) is 9.85. The summed E-state index contributed by atoms with van der Waals surface area (Å²) in [6.07, 6.45) is 3.48. The van der Waals surface area contributed by atoms with E-state index >= 15 is 0 Å². The van der Waals surface area contributed by atoms with Gasteiger partial charge in [0.05, 0.1) is 28.1 Å². The van der Waals surface area contributed by atoms with E-state index in [2.05, 4.69) is 4.98 Å². The lowest BCUT2D eigenvalue weighted by molar-refractivity contribution is 0.0697. The monoisotopic (exact) mass is 270 g/mol. The van der Waals surface area contributed by atoms with Crippen LogP contribution in [-0.2, 0) is 0 Å². The minimum absolute atomic E-state index is 0.262. The summed E-state index contributed by atoms with van der Waals surface area (Å²) in [7, 11) is 0. The lowest BCUT2D eigenvalue weighted by Crippen LogP contribution is -2.03. The molecule has 5 heteroatoms. The molecule has 3 aromatic rings. The quantitative estimate of drug-likeness (QED) is 0.794. The van der Waals surface area contributed by atoms with Gasteiger partial charge in [0.15, 0.2) is 0 Å². The van der Waals surface area contributed by atoms with Gasteiger partial charge in [-0.15, -0.1) is 11.3 Å². The van der Waals surface area contributed by atoms with Gasteiger partial charge < -0.3 is 9.67 Å². The molecule has 0 saturated carbocycles. The van der Waals surface area contributed by atoms with E-state index in [0.29, 0.717) is 5.69 Å². The SMILES string of the molecule is O=C(O)c1ccccc1-n1cnc(-c2cccs2)c1. The zero-order chi connectivity index (χ0) is 13.2. The fraction of sp³-hybridized carbons (Fsp3) is 0. The summed E-state index contributed by atoms with van der Waals surface area (Å²) in [6.45, 7) is 0. The van der Waals surface area contributed by atoms with E-state index in [1.807, 2.05) is 29.8 Å². The maximum Gasteiger partial charge on any atom is 0.337 e. The number of carboxylic acids is 1. The molecule has 0 aliphatic rings. The first-order chi connectivity index (χ1) is 9.25. The van der Waals surface area contributed by atoms with Crippen LogP contribution in [0.1, 0.15) is 10.4 Å². The largest absolute Gasteiger partial charge is 0.478 e. The molecule has 0 fully saturated rings. The standard InChI is InChI=1S/C14H10N2O2S/c17-14(18)10-4-1-2-5-12(10)16-8-11(15-9-16)13-6-3-7-19-13/h1-9H,(H,17,18). The molecule has 0 aliphatic heterocycles. The van der Waals surface area contributed by atoms with Crippen molar-refractivity contribution in [1.29, 1.82) is 0 Å². The van der Waals surface area contributed by atoms with Crippen LogP contribution >= 0.6 is 11.3 Å². The number of benzene rings is 1. The van der Waals surface area contributed by atoms with E-state index in [0.717, 1.165) is 10.6 Å². The van der Waals surface area contributed by atoms with E-state index in [1.54, 1.807) is 40.4 Å². The van der Waals surface area contributed by atoms with Crippen molar-refractivity contribution in [1.82, 2.24) is 9.55 Å². The van der Waals surface area contributed by atoms with Gasteiger partial charge in [0.25, 0.3) is 0 Å². The fourth-order valence-electron chi connectivity index (χ4n) is 1.89. The van der Waals surface area contributed by atoms with Crippen molar-refractivity contribution in [2.45, 2.75) is 0 Å². The Hall–Kier alpha value is -2.40. The van der Waals surface area contributed by atoms with Crippen molar-refractivity contribution in [3.63, 3.8) is 0 Å². The number of thiophene rings is 1. The predicted octanol–water partition coefficient (Wildman–Crippen LogP) is 3.30. The molecule has 0 amide bonds. The smallest absolute Gasteiger partial charge is 0.337 e. The summed E-state index contributed by atoms with van der Waals surface area (Å²) in [5.41, 5.74) is 1.72. The first-order valence-electron chi connectivity index (χ1n) is 5.66. The lowest BCUT2D eigenvalue weighted by atomic mass is 10.2. The molecule has 1 N–H and O–H groups in total. The van der Waals surface area contributed by atoms with Gasteiger partial charge in [-0.05, 0) is 23.6 Å². The Labute approximate surface area is 113 Å². The Morgan fingerprint density at radius 3 is 2.79 bits per heavy atom. The van der Waals surface area contributed by atoms with Crippen molar-refractivity contribution in [2.24, 2.45) is 0 Å². The number of hydrogen-bond acceptors (Lipinski definition) is 3. The number of aromatic carboxylic acids is 1. The zero-order valence-corrected chi connectivity index (χ0v) is 10.7. The van der Waals surface area contributed by atoms with Gasteiger partial charge in [-0.2, -0.15) is 0 Å². The van der Waals surface area contributed by atoms with E-state index in [1.165, 1.54) is 0 Å². The van der Waals surface area contributed by atoms with Gasteiger partial charge in [-0.25, -0.2) is 9.78 Å². The Morgan fingerprint density at radius 2 is 2.05 bits per heavy atom. The minimum Gasteiger partial charge on any atom is -0.478 e. The number of nitrogens with zero attached hydrogens (tertiary/aromatic N) is 2. The highest BCUT2D eigenvalue weighted by Gasteiger charge is 2.11. The molecule has 94 valence electrons. The maximum atomic E-state index is 11.2. The summed E-state index contributed by atoms with van der Waals surface area (Å²) in [5, 5.41) is 11.2. The molecule has 3 rings (SSSR count). The first kappa shape index (κ1) is 11.7. The lowest BCUT2D eigenvalue weighted by Gasteiger charge is -2.05. The highest BCUT2D eigenvalue weighted by molar-refractivity contribution is 7.13. The summed E-state index contributed by atoms with van der Waals surface area (Å²) in [5.74, 6) is -0.943. The molecule has 2 heterocycles. The van der Waals surface area contributed by atoms with Crippen molar-refractivity contribution in [3.05, 3.63) is 59.9 Å². The van der Waals surface area contributed by atoms with Crippen molar-refractivity contribution in [2.75, 3.05) is 0 Å². The third kappa shape index (κ3) is 2.15. The van der Waals surface area contributed by atoms with E-state index < -0.39 is 5.97 Å². The van der Waals surface area contributed by atoms with Gasteiger partial charge >= 0.3 is 5.97 Å². The van der Waals surface area contributed by atoms with Gasteiger partial charge in [-0.1, -0.05) is 18.2 Å². The van der Waals surface area contributed by atoms with Crippen LogP contribution in [0, 0.1) is 0 Å². The number of rotatable bonds is 3. The van der Waals surface area contributed by atoms with Crippen LogP contribution in [0.15, 0.2) is 54.3 Å². The van der Waals surface area contributed by atoms with Gasteiger partial charge in [0, 0.05) is 6.20 Å². The Bertz CT molecular complexity index is 717. The van der Waals surface area contributed by atoms with Crippen LogP contribution < -0.4 is 0 Å². The third-order valence-electron chi connectivity index (χ3n) is 2.77. The third-order valence-corrected chi connectivity index (χ3v) is 3.66. The predicted molar refractivity (Wildman–Crippen MR) is 73.8 cm³/mol. The minimum atomic E-state index is -0.943. The number of para-hydroxylation sites is 1. The van der Waals surface area contributed by atoms with E-state index in [-0.39, 0.29) is 5.56 Å². The topological polar surface area (TPSA) is 55.1 Å². The fourth-order valence-corrected chi connectivity index (χ4v) is 2.57. The molecule has 19 heavy (non-hydrogen) atoms. The van der Waals surface area contributed by atoms with Gasteiger partial charge in [0.2, 0.25) is 0 Å². The second-order valence-electron chi connectivity index (χ2n) is 3.97.